The highest BCUT2D eigenvalue weighted by Crippen LogP contribution is 2.25. The Labute approximate surface area is 260 Å². The largest absolute Gasteiger partial charge is 0.504 e. The van der Waals surface area contributed by atoms with E-state index >= 15 is 0 Å². The number of aromatic hydroxyl groups is 1. The number of amides is 2. The molecule has 3 aromatic rings. The van der Waals surface area contributed by atoms with E-state index in [0.717, 1.165) is 6.42 Å². The first-order valence-corrected chi connectivity index (χ1v) is 13.0. The lowest BCUT2D eigenvalue weighted by atomic mass is 10.1. The zero-order chi connectivity index (χ0) is 30.4. The Morgan fingerprint density at radius 1 is 1.16 bits per heavy atom. The molecule has 2 aromatic carbocycles. The zero-order valence-electron chi connectivity index (χ0n) is 24.2. The first-order valence-electron chi connectivity index (χ1n) is 13.0. The number of rotatable bonds is 11. The van der Waals surface area contributed by atoms with Gasteiger partial charge in [0.2, 0.25) is 5.91 Å². The minimum absolute atomic E-state index is 0. The van der Waals surface area contributed by atoms with Gasteiger partial charge in [-0.15, -0.1) is 24.8 Å². The molecule has 0 radical (unpaired) electrons. The molecule has 0 saturated heterocycles. The van der Waals surface area contributed by atoms with Crippen molar-refractivity contribution in [3.8, 4) is 17.0 Å². The molecular formula is C28H37Cl2FN8O4. The summed E-state index contributed by atoms with van der Waals surface area (Å²) < 4.78 is 15.8. The summed E-state index contributed by atoms with van der Waals surface area (Å²) >= 11 is 0. The molecule has 3 rings (SSSR count). The summed E-state index contributed by atoms with van der Waals surface area (Å²) in [6, 6.07) is 7.01. The summed E-state index contributed by atoms with van der Waals surface area (Å²) in [6.07, 6.45) is 2.14. The van der Waals surface area contributed by atoms with Crippen LogP contribution in [0.1, 0.15) is 55.6 Å². The predicted molar refractivity (Wildman–Crippen MR) is 170 cm³/mol. The topological polar surface area (TPSA) is 201 Å². The third-order valence-electron chi connectivity index (χ3n) is 6.25. The van der Waals surface area contributed by atoms with Crippen molar-refractivity contribution in [1.29, 1.82) is 5.41 Å². The molecule has 0 aliphatic rings. The van der Waals surface area contributed by atoms with Crippen molar-refractivity contribution >= 4 is 54.0 Å². The number of halogens is 3. The van der Waals surface area contributed by atoms with E-state index in [9.17, 15) is 23.9 Å². The maximum atomic E-state index is 14.6. The van der Waals surface area contributed by atoms with Gasteiger partial charge in [-0.2, -0.15) is 0 Å². The molecule has 0 aliphatic carbocycles. The molecule has 1 heterocycles. The average molecular weight is 640 g/mol. The summed E-state index contributed by atoms with van der Waals surface area (Å²) in [4.78, 5) is 43.4. The van der Waals surface area contributed by atoms with Gasteiger partial charge in [0.1, 0.15) is 12.4 Å². The number of nitrogens with one attached hydrogen (secondary N) is 4. The number of carbonyl (C=O) groups is 2. The van der Waals surface area contributed by atoms with E-state index in [2.05, 4.69) is 20.9 Å². The summed E-state index contributed by atoms with van der Waals surface area (Å²) in [7, 11) is 0. The molecule has 0 bridgehead atoms. The van der Waals surface area contributed by atoms with Crippen LogP contribution in [0, 0.1) is 11.2 Å². The molecule has 12 nitrogen and oxygen atoms in total. The first-order chi connectivity index (χ1) is 19.3. The highest BCUT2D eigenvalue weighted by molar-refractivity contribution is 5.98. The lowest BCUT2D eigenvalue weighted by Gasteiger charge is -2.17. The predicted octanol–water partition coefficient (Wildman–Crippen LogP) is 3.13. The molecule has 0 aliphatic heterocycles. The number of phenols is 1. The average Bonchev–Trinajstić information content (AvgIpc) is 2.90. The molecule has 43 heavy (non-hydrogen) atoms. The molecule has 0 saturated carbocycles. The van der Waals surface area contributed by atoms with Gasteiger partial charge in [0.25, 0.3) is 11.5 Å². The lowest BCUT2D eigenvalue weighted by Crippen LogP contribution is -2.35. The van der Waals surface area contributed by atoms with Gasteiger partial charge < -0.3 is 32.5 Å². The highest BCUT2D eigenvalue weighted by atomic mass is 35.5. The number of benzene rings is 2. The second kappa shape index (κ2) is 15.8. The smallest absolute Gasteiger partial charge is 0.294 e. The van der Waals surface area contributed by atoms with Gasteiger partial charge >= 0.3 is 0 Å². The minimum atomic E-state index is -1.02. The number of anilines is 2. The van der Waals surface area contributed by atoms with E-state index in [-0.39, 0.29) is 83.2 Å². The number of aromatic nitrogens is 2. The molecular weight excluding hydrogens is 602 g/mol. The Balaban J connectivity index is 0.00000462. The van der Waals surface area contributed by atoms with Crippen molar-refractivity contribution < 1.29 is 19.1 Å². The molecule has 9 N–H and O–H groups in total. The van der Waals surface area contributed by atoms with Crippen LogP contribution in [0.5, 0.6) is 5.75 Å². The van der Waals surface area contributed by atoms with E-state index in [1.54, 1.807) is 12.1 Å². The maximum absolute atomic E-state index is 14.6. The van der Waals surface area contributed by atoms with Crippen molar-refractivity contribution in [2.45, 2.75) is 59.3 Å². The van der Waals surface area contributed by atoms with Crippen LogP contribution in [0.4, 0.5) is 15.9 Å². The molecule has 234 valence electrons. The molecule has 1 aromatic heterocycles. The Bertz CT molecular complexity index is 1550. The Morgan fingerprint density at radius 2 is 1.84 bits per heavy atom. The molecule has 0 spiro atoms. The van der Waals surface area contributed by atoms with Crippen LogP contribution in [0.2, 0.25) is 0 Å². The molecule has 0 fully saturated rings. The van der Waals surface area contributed by atoms with Gasteiger partial charge in [0.05, 0.1) is 17.5 Å². The van der Waals surface area contributed by atoms with Crippen LogP contribution < -0.4 is 33.0 Å². The molecule has 1 atom stereocenters. The van der Waals surface area contributed by atoms with Crippen molar-refractivity contribution in [2.75, 3.05) is 11.1 Å². The third-order valence-corrected chi connectivity index (χ3v) is 6.25. The summed E-state index contributed by atoms with van der Waals surface area (Å²) in [5.41, 5.74) is 11.8. The van der Waals surface area contributed by atoms with Crippen LogP contribution >= 0.6 is 24.8 Å². The van der Waals surface area contributed by atoms with Crippen molar-refractivity contribution in [1.82, 2.24) is 20.2 Å². The summed E-state index contributed by atoms with van der Waals surface area (Å²) in [5, 5.41) is 25.8. The monoisotopic (exact) mass is 638 g/mol. The molecule has 15 heteroatoms. The third kappa shape index (κ3) is 9.06. The van der Waals surface area contributed by atoms with Crippen LogP contribution in [0.25, 0.3) is 11.3 Å². The van der Waals surface area contributed by atoms with Gasteiger partial charge in [0, 0.05) is 41.0 Å². The number of hydrogen-bond donors (Lipinski definition) is 7. The van der Waals surface area contributed by atoms with Crippen LogP contribution in [-0.2, 0) is 17.9 Å². The van der Waals surface area contributed by atoms with E-state index in [1.807, 2.05) is 27.7 Å². The van der Waals surface area contributed by atoms with Crippen molar-refractivity contribution in [3.05, 3.63) is 69.4 Å². The standard InChI is InChI=1S/C28H35FN8O4.2ClH/c1-5-15(4)36-27(40)18-8-17(9-19(30)10-18)21-12-34-26(35-14(2)3)28(41)37(21)13-22(38)33-11-16-6-7-20(25(31)32)24(39)23(16)29;;/h6-10,12,14-15,39H,5,11,13,30H2,1-4H3,(H3,31,32)(H,33,38)(H,34,35)(H,36,40);2*1H/t15-;;/m0../s1. The number of nitrogens with two attached hydrogens (primary N) is 2. The van der Waals surface area contributed by atoms with Crippen LogP contribution in [0.3, 0.4) is 0 Å². The van der Waals surface area contributed by atoms with Gasteiger partial charge in [-0.1, -0.05) is 13.0 Å². The maximum Gasteiger partial charge on any atom is 0.294 e. The van der Waals surface area contributed by atoms with E-state index in [4.69, 9.17) is 16.9 Å². The van der Waals surface area contributed by atoms with Crippen LogP contribution in [0.15, 0.2) is 41.3 Å². The number of nitrogens with zero attached hydrogens (tertiary/aromatic N) is 2. The van der Waals surface area contributed by atoms with E-state index in [0.29, 0.717) is 5.56 Å². The number of nitrogen functional groups attached to an aromatic ring is 2. The van der Waals surface area contributed by atoms with Crippen LogP contribution in [-0.4, -0.2) is 44.4 Å². The normalized spacial score (nSPS) is 11.1. The summed E-state index contributed by atoms with van der Waals surface area (Å²) in [6.45, 7) is 6.69. The van der Waals surface area contributed by atoms with Gasteiger partial charge in [-0.05, 0) is 51.5 Å². The number of phenolic OH excluding ortho intramolecular Hbond substituents is 1. The second-order valence-electron chi connectivity index (χ2n) is 9.93. The quantitative estimate of drug-likeness (QED) is 0.0942. The van der Waals surface area contributed by atoms with Gasteiger partial charge in [-0.3, -0.25) is 24.4 Å². The van der Waals surface area contributed by atoms with Crippen molar-refractivity contribution in [2.24, 2.45) is 5.73 Å². The minimum Gasteiger partial charge on any atom is -0.504 e. The fraction of sp³-hybridized carbons (Fsp3) is 0.321. The van der Waals surface area contributed by atoms with E-state index in [1.165, 1.54) is 29.0 Å². The number of carbonyl (C=O) groups excluding carboxylic acids is 2. The summed E-state index contributed by atoms with van der Waals surface area (Å²) in [5.74, 6) is -3.28. The highest BCUT2D eigenvalue weighted by Gasteiger charge is 2.19. The Morgan fingerprint density at radius 3 is 2.44 bits per heavy atom. The fourth-order valence-electron chi connectivity index (χ4n) is 3.94. The molecule has 0 unspecified atom stereocenters. The van der Waals surface area contributed by atoms with Crippen molar-refractivity contribution in [3.63, 3.8) is 0 Å². The van der Waals surface area contributed by atoms with Gasteiger partial charge in [0.15, 0.2) is 17.4 Å². The zero-order valence-corrected chi connectivity index (χ0v) is 25.8. The SMILES string of the molecule is CC[C@H](C)NC(=O)c1cc(N)cc(-c2cnc(NC(C)C)c(=O)n2CC(=O)NCc2ccc(C(=N)N)c(O)c2F)c1.Cl.Cl. The lowest BCUT2D eigenvalue weighted by molar-refractivity contribution is -0.121. The Kier molecular flexibility index (Phi) is 13.4. The number of hydrogen-bond acceptors (Lipinski definition) is 8. The first kappa shape index (κ1) is 36.7. The fourth-order valence-corrected chi connectivity index (χ4v) is 3.94. The Hall–Kier alpha value is -4.36. The van der Waals surface area contributed by atoms with Gasteiger partial charge in [-0.25, -0.2) is 9.37 Å². The number of amidine groups is 1. The molecule has 2 amide bonds. The van der Waals surface area contributed by atoms with E-state index < -0.39 is 35.4 Å². The second-order valence-corrected chi connectivity index (χ2v) is 9.93.